The quantitative estimate of drug-likeness (QED) is 0.178. The summed E-state index contributed by atoms with van der Waals surface area (Å²) in [6, 6.07) is 0. The zero-order valence-electron chi connectivity index (χ0n) is 32.3. The van der Waals surface area contributed by atoms with Crippen molar-refractivity contribution in [1.29, 1.82) is 0 Å². The maximum absolute atomic E-state index is 12.3. The van der Waals surface area contributed by atoms with Crippen molar-refractivity contribution >= 4 is 11.9 Å². The molecule has 11 nitrogen and oxygen atoms in total. The Morgan fingerprint density at radius 1 is 0.904 bits per heavy atom. The monoisotopic (exact) mass is 731 g/mol. The van der Waals surface area contributed by atoms with E-state index in [4.69, 9.17) is 29.1 Å². The van der Waals surface area contributed by atoms with Crippen LogP contribution in [0.15, 0.2) is 0 Å². The molecule has 19 atom stereocenters. The van der Waals surface area contributed by atoms with Gasteiger partial charge in [-0.2, -0.15) is 0 Å². The van der Waals surface area contributed by atoms with Crippen LogP contribution in [0, 0.1) is 70.0 Å². The van der Waals surface area contributed by atoms with Crippen molar-refractivity contribution in [2.75, 3.05) is 6.54 Å². The number of aliphatic hydroxyl groups is 2. The van der Waals surface area contributed by atoms with Gasteiger partial charge in [0.25, 0.3) is 0 Å². The summed E-state index contributed by atoms with van der Waals surface area (Å²) in [5, 5.41) is 35.5. The molecule has 9 aliphatic rings. The summed E-state index contributed by atoms with van der Waals surface area (Å²) < 4.78 is 20.4. The Bertz CT molecular complexity index is 1380. The van der Waals surface area contributed by atoms with Crippen molar-refractivity contribution in [3.8, 4) is 0 Å². The Labute approximate surface area is 309 Å². The molecule has 1 amide bonds. The molecule has 294 valence electrons. The van der Waals surface area contributed by atoms with Crippen molar-refractivity contribution in [2.24, 2.45) is 70.0 Å². The number of carboxylic acid groups (broad SMARTS) is 1. The summed E-state index contributed by atoms with van der Waals surface area (Å²) in [5.74, 6) is 0.426. The van der Waals surface area contributed by atoms with Crippen LogP contribution in [0.5, 0.6) is 0 Å². The van der Waals surface area contributed by atoms with Gasteiger partial charge >= 0.3 is 5.97 Å². The minimum absolute atomic E-state index is 0.0111. The Morgan fingerprint density at radius 2 is 1.67 bits per heavy atom. The fourth-order valence-electron chi connectivity index (χ4n) is 14.3. The van der Waals surface area contributed by atoms with E-state index in [0.29, 0.717) is 30.6 Å². The second-order valence-corrected chi connectivity index (χ2v) is 19.6. The third kappa shape index (κ3) is 5.75. The molecule has 4 aliphatic heterocycles. The van der Waals surface area contributed by atoms with E-state index in [0.717, 1.165) is 64.2 Å². The molecule has 9 rings (SSSR count). The molecule has 0 aromatic carbocycles. The number of ether oxygens (including phenoxy) is 3. The van der Waals surface area contributed by atoms with Crippen LogP contribution in [0.1, 0.15) is 125 Å². The van der Waals surface area contributed by atoms with Crippen molar-refractivity contribution in [2.45, 2.75) is 167 Å². The number of nitrogens with one attached hydrogen (secondary N) is 1. The van der Waals surface area contributed by atoms with Gasteiger partial charge in [-0.15, -0.1) is 0 Å². The van der Waals surface area contributed by atoms with Crippen LogP contribution in [0.4, 0.5) is 0 Å². The standard InChI is InChI=1S/C41H65NO10/c1-21(8-12-33(45)42-20-34(46)47)26-10-11-29-35-30(19-32(44)40(26,29)6)38(4)15-13-25(17-24(38)18-31(35)43)48-36-23(3)28-9-7-22(2)27-14-16-39(5)50-37(49-36)41(27,28)52-51-39/h21-32,35-37,43-44H,7-20H2,1-6H3,(H,42,45)(H,46,47)/t21-,22-,23-,24+,25-,26-,27+,28+,29+,30+,31-,32+,35+,36+,37-,38+,39+,40-,41-/m1/s1. The number of carbonyl (C=O) groups is 2. The molecular formula is C41H65NO10. The highest BCUT2D eigenvalue weighted by Gasteiger charge is 2.70. The van der Waals surface area contributed by atoms with Crippen molar-refractivity contribution < 1.29 is 48.9 Å². The molecule has 5 aliphatic carbocycles. The van der Waals surface area contributed by atoms with Crippen molar-refractivity contribution in [1.82, 2.24) is 5.32 Å². The SMILES string of the molecule is C[C@H]1[C@@H](O[C@@H]2CC[C@@]3(C)[C@@H](C2)C[C@@H](O)[C@@H]2[C@@H]3C[C@H](O)[C@]3(C)[C@@H]([C@H](C)CCC(=O)NCC(=O)O)CC[C@@H]23)O[C@@H]2O[C@]3(C)CC[C@H]4[C@H](C)CC[C@@H]1[C@@]24OO3. The van der Waals surface area contributed by atoms with Gasteiger partial charge in [0.1, 0.15) is 6.54 Å². The lowest BCUT2D eigenvalue weighted by molar-refractivity contribution is -0.578. The summed E-state index contributed by atoms with van der Waals surface area (Å²) in [4.78, 5) is 35.6. The third-order valence-electron chi connectivity index (χ3n) is 17.2. The molecule has 0 unspecified atom stereocenters. The highest BCUT2D eigenvalue weighted by atomic mass is 17.3. The number of fused-ring (bicyclic) bond motifs is 7. The first-order chi connectivity index (χ1) is 24.6. The largest absolute Gasteiger partial charge is 0.480 e. The van der Waals surface area contributed by atoms with Crippen LogP contribution in [0.2, 0.25) is 0 Å². The number of aliphatic carboxylic acids is 1. The van der Waals surface area contributed by atoms with Crippen LogP contribution < -0.4 is 5.32 Å². The number of amides is 1. The fourth-order valence-corrected chi connectivity index (χ4v) is 14.3. The Balaban J connectivity index is 0.939. The van der Waals surface area contributed by atoms with Crippen LogP contribution in [-0.4, -0.2) is 76.0 Å². The second-order valence-electron chi connectivity index (χ2n) is 19.6. The average molecular weight is 732 g/mol. The molecule has 0 aromatic rings. The lowest BCUT2D eigenvalue weighted by atomic mass is 9.43. The number of carboxylic acids is 1. The molecule has 4 saturated heterocycles. The van der Waals surface area contributed by atoms with E-state index in [-0.39, 0.29) is 77.2 Å². The molecule has 5 saturated carbocycles. The topological polar surface area (TPSA) is 153 Å². The zero-order valence-corrected chi connectivity index (χ0v) is 32.3. The summed E-state index contributed by atoms with van der Waals surface area (Å²) in [6.07, 6.45) is 9.34. The highest BCUT2D eigenvalue weighted by molar-refractivity contribution is 5.81. The third-order valence-corrected chi connectivity index (χ3v) is 17.2. The first-order valence-corrected chi connectivity index (χ1v) is 20.8. The van der Waals surface area contributed by atoms with E-state index in [1.54, 1.807) is 0 Å². The molecule has 0 aromatic heterocycles. The number of hydrogen-bond acceptors (Lipinski definition) is 9. The first kappa shape index (κ1) is 37.6. The lowest BCUT2D eigenvalue weighted by Gasteiger charge is -2.64. The molecule has 9 fully saturated rings. The normalized spacial score (nSPS) is 54.2. The average Bonchev–Trinajstić information content (AvgIpc) is 3.30. The molecule has 2 bridgehead atoms. The minimum atomic E-state index is -1.05. The van der Waals surface area contributed by atoms with Gasteiger partial charge in [0.2, 0.25) is 11.7 Å². The maximum Gasteiger partial charge on any atom is 0.322 e. The van der Waals surface area contributed by atoms with Crippen molar-refractivity contribution in [3.63, 3.8) is 0 Å². The van der Waals surface area contributed by atoms with Gasteiger partial charge in [0.05, 0.1) is 18.3 Å². The summed E-state index contributed by atoms with van der Waals surface area (Å²) in [5.41, 5.74) is -0.919. The van der Waals surface area contributed by atoms with Gasteiger partial charge in [-0.3, -0.25) is 9.59 Å². The van der Waals surface area contributed by atoms with Crippen molar-refractivity contribution in [3.05, 3.63) is 0 Å². The summed E-state index contributed by atoms with van der Waals surface area (Å²) in [6.45, 7) is 13.0. The molecule has 4 N–H and O–H groups in total. The number of aliphatic hydroxyl groups excluding tert-OH is 2. The van der Waals surface area contributed by atoms with Gasteiger partial charge < -0.3 is 34.8 Å². The van der Waals surface area contributed by atoms with Crippen LogP contribution >= 0.6 is 0 Å². The number of rotatable bonds is 8. The van der Waals surface area contributed by atoms with E-state index >= 15 is 0 Å². The van der Waals surface area contributed by atoms with Gasteiger partial charge in [0, 0.05) is 24.7 Å². The molecule has 0 radical (unpaired) electrons. The number of carbonyl (C=O) groups excluding carboxylic acids is 1. The predicted octanol–water partition coefficient (Wildman–Crippen LogP) is 5.80. The minimum Gasteiger partial charge on any atom is -0.480 e. The molecule has 1 spiro atoms. The van der Waals surface area contributed by atoms with Gasteiger partial charge in [-0.1, -0.05) is 34.6 Å². The van der Waals surface area contributed by atoms with E-state index in [9.17, 15) is 19.8 Å². The fraction of sp³-hybridized carbons (Fsp3) is 0.951. The van der Waals surface area contributed by atoms with E-state index in [1.807, 2.05) is 6.92 Å². The van der Waals surface area contributed by atoms with Gasteiger partial charge in [0.15, 0.2) is 18.2 Å². The van der Waals surface area contributed by atoms with Crippen LogP contribution in [0.25, 0.3) is 0 Å². The maximum atomic E-state index is 12.3. The zero-order chi connectivity index (χ0) is 37.0. The Morgan fingerprint density at radius 3 is 2.44 bits per heavy atom. The molecular weight excluding hydrogens is 666 g/mol. The van der Waals surface area contributed by atoms with E-state index < -0.39 is 42.1 Å². The predicted molar refractivity (Wildman–Crippen MR) is 189 cm³/mol. The summed E-state index contributed by atoms with van der Waals surface area (Å²) in [7, 11) is 0. The molecule has 52 heavy (non-hydrogen) atoms. The Hall–Kier alpha value is -1.34. The highest BCUT2D eigenvalue weighted by Crippen LogP contribution is 2.69. The van der Waals surface area contributed by atoms with E-state index in [2.05, 4.69) is 39.9 Å². The van der Waals surface area contributed by atoms with Crippen LogP contribution in [0.3, 0.4) is 0 Å². The second kappa shape index (κ2) is 13.4. The smallest absolute Gasteiger partial charge is 0.322 e. The van der Waals surface area contributed by atoms with Gasteiger partial charge in [-0.25, -0.2) is 9.78 Å². The molecule has 11 heteroatoms. The van der Waals surface area contributed by atoms with Crippen LogP contribution in [-0.2, 0) is 33.6 Å². The Kier molecular flexibility index (Phi) is 9.69. The number of hydrogen-bond donors (Lipinski definition) is 4. The first-order valence-electron chi connectivity index (χ1n) is 20.8. The van der Waals surface area contributed by atoms with E-state index in [1.165, 1.54) is 0 Å². The van der Waals surface area contributed by atoms with Gasteiger partial charge in [-0.05, 0) is 136 Å². The summed E-state index contributed by atoms with van der Waals surface area (Å²) >= 11 is 0. The lowest BCUT2D eigenvalue weighted by Crippen LogP contribution is -2.70. The molecule has 4 heterocycles.